The van der Waals surface area contributed by atoms with Crippen LogP contribution >= 0.6 is 12.6 Å². The Morgan fingerprint density at radius 2 is 1.58 bits per heavy atom. The minimum atomic E-state index is -0.949. The Kier molecular flexibility index (Phi) is 6.88. The summed E-state index contributed by atoms with van der Waals surface area (Å²) in [6.45, 7) is 0. The predicted octanol–water partition coefficient (Wildman–Crippen LogP) is 3.11. The molecule has 0 saturated heterocycles. The van der Waals surface area contributed by atoms with Crippen LogP contribution in [0.3, 0.4) is 0 Å². The molecule has 0 spiro atoms. The summed E-state index contributed by atoms with van der Waals surface area (Å²) in [4.78, 5) is 23.7. The van der Waals surface area contributed by atoms with E-state index in [1.54, 1.807) is 0 Å². The van der Waals surface area contributed by atoms with Crippen molar-refractivity contribution in [2.75, 3.05) is 5.75 Å². The number of hydrogen-bond donors (Lipinski definition) is 3. The van der Waals surface area contributed by atoms with E-state index in [-0.39, 0.29) is 18.2 Å². The molecule has 0 aliphatic carbocycles. The van der Waals surface area contributed by atoms with Gasteiger partial charge in [-0.05, 0) is 17.5 Å². The summed E-state index contributed by atoms with van der Waals surface area (Å²) in [6, 6.07) is 18.3. The molecular formula is C19H21NO3S. The van der Waals surface area contributed by atoms with Gasteiger partial charge in [0.2, 0.25) is 5.91 Å². The third-order valence-corrected chi connectivity index (χ3v) is 4.25. The number of carboxylic acid groups (broad SMARTS) is 1. The Labute approximate surface area is 147 Å². The maximum atomic E-state index is 12.6. The van der Waals surface area contributed by atoms with Crippen LogP contribution in [0.1, 0.15) is 23.6 Å². The fraction of sp³-hybridized carbons (Fsp3) is 0.263. The molecular weight excluding hydrogens is 322 g/mol. The van der Waals surface area contributed by atoms with Gasteiger partial charge in [-0.2, -0.15) is 12.6 Å². The molecule has 24 heavy (non-hydrogen) atoms. The molecule has 0 saturated carbocycles. The van der Waals surface area contributed by atoms with Crippen molar-refractivity contribution in [2.45, 2.75) is 18.9 Å². The van der Waals surface area contributed by atoms with Crippen molar-refractivity contribution < 1.29 is 14.7 Å². The molecule has 2 atom stereocenters. The van der Waals surface area contributed by atoms with E-state index in [0.29, 0.717) is 12.2 Å². The quantitative estimate of drug-likeness (QED) is 0.645. The molecule has 2 N–H and O–H groups in total. The van der Waals surface area contributed by atoms with Crippen LogP contribution in [0.5, 0.6) is 0 Å². The van der Waals surface area contributed by atoms with Crippen LogP contribution in [0.25, 0.3) is 0 Å². The normalized spacial score (nSPS) is 13.0. The van der Waals surface area contributed by atoms with Gasteiger partial charge in [0.05, 0.1) is 18.4 Å². The number of hydrogen-bond acceptors (Lipinski definition) is 3. The SMILES string of the molecule is O=C(O)C[C@H](NC(=O)C(CS)Cc1ccccc1)c1ccccc1. The van der Waals surface area contributed by atoms with E-state index in [1.165, 1.54) is 0 Å². The van der Waals surface area contributed by atoms with Crippen LogP contribution in [-0.4, -0.2) is 22.7 Å². The molecule has 4 nitrogen and oxygen atoms in total. The van der Waals surface area contributed by atoms with Gasteiger partial charge in [0.15, 0.2) is 0 Å². The van der Waals surface area contributed by atoms with Crippen molar-refractivity contribution in [2.24, 2.45) is 5.92 Å². The van der Waals surface area contributed by atoms with Gasteiger partial charge in [0.25, 0.3) is 0 Å². The molecule has 1 amide bonds. The lowest BCUT2D eigenvalue weighted by atomic mass is 9.98. The second-order valence-electron chi connectivity index (χ2n) is 5.64. The van der Waals surface area contributed by atoms with Crippen molar-refractivity contribution in [1.82, 2.24) is 5.32 Å². The molecule has 2 aromatic carbocycles. The number of amides is 1. The van der Waals surface area contributed by atoms with Gasteiger partial charge in [-0.15, -0.1) is 0 Å². The van der Waals surface area contributed by atoms with E-state index < -0.39 is 12.0 Å². The van der Waals surface area contributed by atoms with Crippen molar-refractivity contribution in [3.63, 3.8) is 0 Å². The van der Waals surface area contributed by atoms with Gasteiger partial charge in [0, 0.05) is 5.75 Å². The third-order valence-electron chi connectivity index (χ3n) is 3.81. The molecule has 2 rings (SSSR count). The Morgan fingerprint density at radius 1 is 1.00 bits per heavy atom. The van der Waals surface area contributed by atoms with Crippen LogP contribution in [0.15, 0.2) is 60.7 Å². The average Bonchev–Trinajstić information content (AvgIpc) is 2.60. The number of aliphatic carboxylic acids is 1. The van der Waals surface area contributed by atoms with Crippen LogP contribution in [0, 0.1) is 5.92 Å². The summed E-state index contributed by atoms with van der Waals surface area (Å²) in [7, 11) is 0. The van der Waals surface area contributed by atoms with Crippen molar-refractivity contribution >= 4 is 24.5 Å². The maximum absolute atomic E-state index is 12.6. The van der Waals surface area contributed by atoms with E-state index in [9.17, 15) is 9.59 Å². The molecule has 0 aromatic heterocycles. The van der Waals surface area contributed by atoms with Crippen molar-refractivity contribution in [1.29, 1.82) is 0 Å². The van der Waals surface area contributed by atoms with Gasteiger partial charge in [0.1, 0.15) is 0 Å². The van der Waals surface area contributed by atoms with Crippen molar-refractivity contribution in [3.8, 4) is 0 Å². The first-order chi connectivity index (χ1) is 11.6. The highest BCUT2D eigenvalue weighted by atomic mass is 32.1. The third kappa shape index (κ3) is 5.42. The molecule has 0 radical (unpaired) electrons. The topological polar surface area (TPSA) is 66.4 Å². The second kappa shape index (κ2) is 9.13. The van der Waals surface area contributed by atoms with Crippen molar-refractivity contribution in [3.05, 3.63) is 71.8 Å². The number of benzene rings is 2. The van der Waals surface area contributed by atoms with Gasteiger partial charge in [-0.1, -0.05) is 60.7 Å². The lowest BCUT2D eigenvalue weighted by molar-refractivity contribution is -0.137. The molecule has 1 unspecified atom stereocenters. The summed E-state index contributed by atoms with van der Waals surface area (Å²) in [6.07, 6.45) is 0.422. The summed E-state index contributed by atoms with van der Waals surface area (Å²) in [5.74, 6) is -1.04. The number of carboxylic acids is 1. The highest BCUT2D eigenvalue weighted by Crippen LogP contribution is 2.19. The summed E-state index contributed by atoms with van der Waals surface area (Å²) in [5.41, 5.74) is 1.84. The number of carbonyl (C=O) groups excluding carboxylic acids is 1. The van der Waals surface area contributed by atoms with Crippen LogP contribution in [-0.2, 0) is 16.0 Å². The number of nitrogens with one attached hydrogen (secondary N) is 1. The van der Waals surface area contributed by atoms with Crippen LogP contribution in [0.4, 0.5) is 0 Å². The largest absolute Gasteiger partial charge is 0.481 e. The standard InChI is InChI=1S/C19H21NO3S/c21-18(22)12-17(15-9-5-2-6-10-15)20-19(23)16(13-24)11-14-7-3-1-4-8-14/h1-10,16-17,24H,11-13H2,(H,20,23)(H,21,22)/t16?,17-/m0/s1. The van der Waals surface area contributed by atoms with E-state index in [4.69, 9.17) is 5.11 Å². The smallest absolute Gasteiger partial charge is 0.305 e. The Hall–Kier alpha value is -2.27. The predicted molar refractivity (Wildman–Crippen MR) is 97.1 cm³/mol. The molecule has 126 valence electrons. The molecule has 0 aliphatic heterocycles. The Balaban J connectivity index is 2.09. The van der Waals surface area contributed by atoms with E-state index in [2.05, 4.69) is 17.9 Å². The highest BCUT2D eigenvalue weighted by Gasteiger charge is 2.23. The van der Waals surface area contributed by atoms with Gasteiger partial charge in [-0.3, -0.25) is 9.59 Å². The van der Waals surface area contributed by atoms with E-state index in [1.807, 2.05) is 60.7 Å². The lowest BCUT2D eigenvalue weighted by Crippen LogP contribution is -2.36. The fourth-order valence-electron chi connectivity index (χ4n) is 2.54. The van der Waals surface area contributed by atoms with Crippen LogP contribution < -0.4 is 5.32 Å². The minimum Gasteiger partial charge on any atom is -0.481 e. The van der Waals surface area contributed by atoms with E-state index >= 15 is 0 Å². The zero-order valence-electron chi connectivity index (χ0n) is 13.3. The number of thiol groups is 1. The summed E-state index contributed by atoms with van der Waals surface area (Å²) < 4.78 is 0. The van der Waals surface area contributed by atoms with Gasteiger partial charge >= 0.3 is 5.97 Å². The Morgan fingerprint density at radius 3 is 2.12 bits per heavy atom. The zero-order valence-corrected chi connectivity index (χ0v) is 14.2. The first-order valence-corrected chi connectivity index (χ1v) is 8.45. The highest BCUT2D eigenvalue weighted by molar-refractivity contribution is 7.80. The minimum absolute atomic E-state index is 0.152. The average molecular weight is 343 g/mol. The molecule has 5 heteroatoms. The summed E-state index contributed by atoms with van der Waals surface area (Å²) in [5, 5.41) is 12.0. The molecule has 0 heterocycles. The fourth-order valence-corrected chi connectivity index (χ4v) is 2.84. The summed E-state index contributed by atoms with van der Waals surface area (Å²) >= 11 is 4.29. The second-order valence-corrected chi connectivity index (χ2v) is 6.00. The maximum Gasteiger partial charge on any atom is 0.305 e. The molecule has 2 aromatic rings. The number of carbonyl (C=O) groups is 2. The molecule has 0 aliphatic rings. The van der Waals surface area contributed by atoms with Gasteiger partial charge in [-0.25, -0.2) is 0 Å². The first-order valence-electron chi connectivity index (χ1n) is 7.82. The molecule has 0 bridgehead atoms. The monoisotopic (exact) mass is 343 g/mol. The van der Waals surface area contributed by atoms with Gasteiger partial charge < -0.3 is 10.4 Å². The first kappa shape index (κ1) is 18.1. The van der Waals surface area contributed by atoms with Crippen LogP contribution in [0.2, 0.25) is 0 Å². The molecule has 0 fully saturated rings. The number of rotatable bonds is 8. The zero-order chi connectivity index (χ0) is 17.4. The van der Waals surface area contributed by atoms with E-state index in [0.717, 1.165) is 11.1 Å². The lowest BCUT2D eigenvalue weighted by Gasteiger charge is -2.21. The Bertz CT molecular complexity index is 661.